The summed E-state index contributed by atoms with van der Waals surface area (Å²) in [5.41, 5.74) is 2.51. The number of benzene rings is 1. The van der Waals surface area contributed by atoms with Crippen molar-refractivity contribution in [2.45, 2.75) is 26.3 Å². The van der Waals surface area contributed by atoms with E-state index in [4.69, 9.17) is 11.6 Å². The van der Waals surface area contributed by atoms with Crippen molar-refractivity contribution in [3.8, 4) is 0 Å². The van der Waals surface area contributed by atoms with Crippen LogP contribution in [0.5, 0.6) is 0 Å². The quantitative estimate of drug-likeness (QED) is 0.916. The van der Waals surface area contributed by atoms with Gasteiger partial charge in [0.25, 0.3) is 0 Å². The normalized spacial score (nSPS) is 12.7. The van der Waals surface area contributed by atoms with Crippen LogP contribution in [0.4, 0.5) is 4.39 Å². The van der Waals surface area contributed by atoms with Crippen molar-refractivity contribution in [3.05, 3.63) is 52.1 Å². The second kappa shape index (κ2) is 6.37. The Hall–Kier alpha value is -1.39. The maximum Gasteiger partial charge on any atom is 0.130 e. The van der Waals surface area contributed by atoms with Gasteiger partial charge >= 0.3 is 0 Å². The fourth-order valence-corrected chi connectivity index (χ4v) is 2.66. The highest BCUT2D eigenvalue weighted by atomic mass is 35.5. The first kappa shape index (κ1) is 15.0. The molecule has 1 atom stereocenters. The molecular formula is C15H19ClFN3. The lowest BCUT2D eigenvalue weighted by Crippen LogP contribution is -2.24. The van der Waals surface area contributed by atoms with Gasteiger partial charge in [-0.25, -0.2) is 4.39 Å². The van der Waals surface area contributed by atoms with Gasteiger partial charge in [0.15, 0.2) is 0 Å². The van der Waals surface area contributed by atoms with E-state index in [0.717, 1.165) is 17.8 Å². The van der Waals surface area contributed by atoms with Gasteiger partial charge in [0.05, 0.1) is 5.69 Å². The van der Waals surface area contributed by atoms with Crippen molar-refractivity contribution in [3.63, 3.8) is 0 Å². The van der Waals surface area contributed by atoms with Crippen LogP contribution in [0, 0.1) is 12.7 Å². The number of aromatic nitrogens is 2. The van der Waals surface area contributed by atoms with E-state index in [1.54, 1.807) is 10.7 Å². The monoisotopic (exact) mass is 295 g/mol. The molecule has 1 N–H and O–H groups in total. The van der Waals surface area contributed by atoms with Crippen LogP contribution in [-0.2, 0) is 13.5 Å². The predicted octanol–water partition coefficient (Wildman–Crippen LogP) is 3.41. The van der Waals surface area contributed by atoms with Crippen molar-refractivity contribution in [2.24, 2.45) is 7.05 Å². The number of nitrogens with one attached hydrogen (secondary N) is 1. The van der Waals surface area contributed by atoms with Crippen molar-refractivity contribution in [1.29, 1.82) is 0 Å². The third-order valence-electron chi connectivity index (χ3n) is 3.41. The fraction of sp³-hybridized carbons (Fsp3) is 0.400. The highest BCUT2D eigenvalue weighted by molar-refractivity contribution is 6.30. The molecule has 0 saturated carbocycles. The van der Waals surface area contributed by atoms with Crippen LogP contribution in [0.15, 0.2) is 24.3 Å². The number of rotatable bonds is 5. The fourth-order valence-electron chi connectivity index (χ4n) is 2.41. The summed E-state index contributed by atoms with van der Waals surface area (Å²) in [4.78, 5) is 0. The Morgan fingerprint density at radius 1 is 1.40 bits per heavy atom. The molecule has 3 nitrogen and oxygen atoms in total. The summed E-state index contributed by atoms with van der Waals surface area (Å²) in [6.45, 7) is 4.69. The number of likely N-dealkylation sites (N-methyl/N-ethyl adjacent to an activating group) is 1. The Morgan fingerprint density at radius 2 is 2.10 bits per heavy atom. The summed E-state index contributed by atoms with van der Waals surface area (Å²) in [5.74, 6) is -0.198. The van der Waals surface area contributed by atoms with Crippen molar-refractivity contribution in [2.75, 3.05) is 6.54 Å². The Balaban J connectivity index is 2.33. The number of nitrogens with zero attached hydrogens (tertiary/aromatic N) is 2. The minimum absolute atomic E-state index is 0.110. The standard InChI is InChI=1S/C15H19ClFN3/c1-4-18-14(11-7-5-6-8-13(11)17)9-12-10(2)19-20(3)15(12)16/h5-8,14,18H,4,9H2,1-3H3. The van der Waals surface area contributed by atoms with Gasteiger partial charge < -0.3 is 5.32 Å². The van der Waals surface area contributed by atoms with Crippen LogP contribution in [0.3, 0.4) is 0 Å². The van der Waals surface area contributed by atoms with Crippen LogP contribution < -0.4 is 5.32 Å². The van der Waals surface area contributed by atoms with Crippen LogP contribution >= 0.6 is 11.6 Å². The van der Waals surface area contributed by atoms with Gasteiger partial charge in [-0.3, -0.25) is 4.68 Å². The smallest absolute Gasteiger partial charge is 0.130 e. The molecule has 0 radical (unpaired) electrons. The maximum atomic E-state index is 14.0. The highest BCUT2D eigenvalue weighted by Crippen LogP contribution is 2.27. The first-order valence-electron chi connectivity index (χ1n) is 6.70. The molecule has 2 aromatic rings. The van der Waals surface area contributed by atoms with Gasteiger partial charge in [-0.05, 0) is 26.0 Å². The lowest BCUT2D eigenvalue weighted by Gasteiger charge is -2.19. The summed E-state index contributed by atoms with van der Waals surface area (Å²) < 4.78 is 15.6. The Morgan fingerprint density at radius 3 is 2.65 bits per heavy atom. The molecule has 0 spiro atoms. The van der Waals surface area contributed by atoms with Gasteiger partial charge in [0.2, 0.25) is 0 Å². The van der Waals surface area contributed by atoms with E-state index >= 15 is 0 Å². The summed E-state index contributed by atoms with van der Waals surface area (Å²) in [5, 5.41) is 8.23. The SMILES string of the molecule is CCNC(Cc1c(C)nn(C)c1Cl)c1ccccc1F. The number of hydrogen-bond acceptors (Lipinski definition) is 2. The summed E-state index contributed by atoms with van der Waals surface area (Å²) >= 11 is 6.26. The van der Waals surface area contributed by atoms with Crippen LogP contribution in [0.1, 0.15) is 29.8 Å². The molecule has 108 valence electrons. The van der Waals surface area contributed by atoms with E-state index in [0.29, 0.717) is 17.1 Å². The lowest BCUT2D eigenvalue weighted by atomic mass is 9.98. The number of aryl methyl sites for hydroxylation is 2. The summed E-state index contributed by atoms with van der Waals surface area (Å²) in [6, 6.07) is 6.73. The zero-order chi connectivity index (χ0) is 14.7. The molecular weight excluding hydrogens is 277 g/mol. The van der Waals surface area contributed by atoms with E-state index in [9.17, 15) is 4.39 Å². The first-order valence-corrected chi connectivity index (χ1v) is 7.08. The van der Waals surface area contributed by atoms with Gasteiger partial charge in [0, 0.05) is 24.2 Å². The molecule has 1 heterocycles. The largest absolute Gasteiger partial charge is 0.310 e. The molecule has 2 rings (SSSR count). The zero-order valence-corrected chi connectivity index (χ0v) is 12.7. The molecule has 0 aliphatic rings. The van der Waals surface area contributed by atoms with E-state index in [1.807, 2.05) is 33.0 Å². The Labute approximate surface area is 123 Å². The molecule has 0 fully saturated rings. The molecule has 0 aliphatic heterocycles. The van der Waals surface area contributed by atoms with E-state index in [-0.39, 0.29) is 11.9 Å². The van der Waals surface area contributed by atoms with Gasteiger partial charge in [-0.2, -0.15) is 5.10 Å². The lowest BCUT2D eigenvalue weighted by molar-refractivity contribution is 0.509. The first-order chi connectivity index (χ1) is 9.54. The number of hydrogen-bond donors (Lipinski definition) is 1. The van der Waals surface area contributed by atoms with Crippen LogP contribution in [0.25, 0.3) is 0 Å². The average molecular weight is 296 g/mol. The minimum Gasteiger partial charge on any atom is -0.310 e. The molecule has 0 saturated heterocycles. The predicted molar refractivity (Wildman–Crippen MR) is 79.5 cm³/mol. The van der Waals surface area contributed by atoms with Gasteiger partial charge in [-0.15, -0.1) is 0 Å². The van der Waals surface area contributed by atoms with E-state index in [1.165, 1.54) is 6.07 Å². The topological polar surface area (TPSA) is 29.9 Å². The van der Waals surface area contributed by atoms with Crippen LogP contribution in [-0.4, -0.2) is 16.3 Å². The average Bonchev–Trinajstić information content (AvgIpc) is 2.65. The number of halogens is 2. The zero-order valence-electron chi connectivity index (χ0n) is 12.0. The van der Waals surface area contributed by atoms with Gasteiger partial charge in [-0.1, -0.05) is 36.7 Å². The molecule has 0 bridgehead atoms. The van der Waals surface area contributed by atoms with Crippen molar-refractivity contribution in [1.82, 2.24) is 15.1 Å². The summed E-state index contributed by atoms with van der Waals surface area (Å²) in [6.07, 6.45) is 0.618. The second-order valence-electron chi connectivity index (χ2n) is 4.81. The molecule has 1 unspecified atom stereocenters. The third-order valence-corrected chi connectivity index (χ3v) is 3.88. The Kier molecular flexibility index (Phi) is 4.78. The van der Waals surface area contributed by atoms with Crippen molar-refractivity contribution < 1.29 is 4.39 Å². The van der Waals surface area contributed by atoms with E-state index in [2.05, 4.69) is 10.4 Å². The maximum absolute atomic E-state index is 14.0. The van der Waals surface area contributed by atoms with E-state index < -0.39 is 0 Å². The second-order valence-corrected chi connectivity index (χ2v) is 5.17. The molecule has 20 heavy (non-hydrogen) atoms. The van der Waals surface area contributed by atoms with Crippen LogP contribution in [0.2, 0.25) is 5.15 Å². The summed E-state index contributed by atoms with van der Waals surface area (Å²) in [7, 11) is 1.81. The highest BCUT2D eigenvalue weighted by Gasteiger charge is 2.20. The molecule has 0 aliphatic carbocycles. The molecule has 0 amide bonds. The van der Waals surface area contributed by atoms with Crippen molar-refractivity contribution >= 4 is 11.6 Å². The Bertz CT molecular complexity index is 595. The third kappa shape index (κ3) is 3.02. The van der Waals surface area contributed by atoms with Gasteiger partial charge in [0.1, 0.15) is 11.0 Å². The molecule has 1 aromatic carbocycles. The molecule has 1 aromatic heterocycles. The molecule has 5 heteroatoms. The minimum atomic E-state index is -0.198.